The number of para-hydroxylation sites is 2. The van der Waals surface area contributed by atoms with E-state index in [0.29, 0.717) is 0 Å². The molecule has 0 saturated heterocycles. The van der Waals surface area contributed by atoms with Crippen molar-refractivity contribution in [3.8, 4) is 22.3 Å². The number of anilines is 5. The van der Waals surface area contributed by atoms with Gasteiger partial charge in [0.2, 0.25) is 0 Å². The summed E-state index contributed by atoms with van der Waals surface area (Å²) in [5.41, 5.74) is 13.2. The lowest BCUT2D eigenvalue weighted by atomic mass is 9.94. The summed E-state index contributed by atoms with van der Waals surface area (Å²) in [7, 11) is 0. The van der Waals surface area contributed by atoms with Crippen molar-refractivity contribution < 1.29 is 0 Å². The third-order valence-corrected chi connectivity index (χ3v) is 7.33. The fourth-order valence-corrected chi connectivity index (χ4v) is 5.50. The molecule has 0 amide bonds. The van der Waals surface area contributed by atoms with Crippen molar-refractivity contribution in [1.82, 2.24) is 0 Å². The van der Waals surface area contributed by atoms with Gasteiger partial charge in [0.1, 0.15) is 0 Å². The number of fused-ring (bicyclic) bond motifs is 5. The van der Waals surface area contributed by atoms with Gasteiger partial charge in [-0.2, -0.15) is 0 Å². The Hall–Kier alpha value is -4.44. The van der Waals surface area contributed by atoms with Crippen molar-refractivity contribution in [3.63, 3.8) is 0 Å². The van der Waals surface area contributed by atoms with Gasteiger partial charge in [-0.15, -0.1) is 0 Å². The molecule has 0 fully saturated rings. The van der Waals surface area contributed by atoms with Gasteiger partial charge in [0, 0.05) is 16.9 Å². The number of hydrogen-bond donors (Lipinski definition) is 3. The predicted octanol–water partition coefficient (Wildman–Crippen LogP) is 8.25. The van der Waals surface area contributed by atoms with Crippen molar-refractivity contribution >= 4 is 28.4 Å². The number of nitrogens with zero attached hydrogens (tertiary/aromatic N) is 1. The van der Waals surface area contributed by atoms with E-state index in [9.17, 15) is 0 Å². The summed E-state index contributed by atoms with van der Waals surface area (Å²) in [4.78, 5) is 2.36. The van der Waals surface area contributed by atoms with Crippen molar-refractivity contribution in [2.24, 2.45) is 0 Å². The highest BCUT2D eigenvalue weighted by Gasteiger charge is 2.36. The molecule has 1 atom stereocenters. The summed E-state index contributed by atoms with van der Waals surface area (Å²) in [6, 6.07) is 30.6. The van der Waals surface area contributed by atoms with E-state index < -0.39 is 0 Å². The molecule has 3 N–H and O–H groups in total. The van der Waals surface area contributed by atoms with Crippen LogP contribution in [0.15, 0.2) is 109 Å². The van der Waals surface area contributed by atoms with Crippen LogP contribution in [0.5, 0.6) is 0 Å². The normalized spacial score (nSPS) is 17.0. The maximum Gasteiger partial charge on any atom is 0.180 e. The Bertz CT molecular complexity index is 1550. The molecular formula is C32H28N4. The molecule has 3 aliphatic rings. The SMILES string of the molecule is Cc1ccccc1-c1cc(-c2ccc3c(c2)N2c4ccccc4NC2N3)ccc1NC1=CCCC=C1. The summed E-state index contributed by atoms with van der Waals surface area (Å²) in [5, 5.41) is 10.9. The van der Waals surface area contributed by atoms with Crippen molar-refractivity contribution in [2.75, 3.05) is 20.9 Å². The third kappa shape index (κ3) is 3.45. The average molecular weight is 469 g/mol. The second-order valence-electron chi connectivity index (χ2n) is 9.65. The largest absolute Gasteiger partial charge is 0.355 e. The summed E-state index contributed by atoms with van der Waals surface area (Å²) < 4.78 is 0. The maximum absolute atomic E-state index is 3.68. The van der Waals surface area contributed by atoms with E-state index in [-0.39, 0.29) is 6.29 Å². The summed E-state index contributed by atoms with van der Waals surface area (Å²) in [5.74, 6) is 0. The number of aryl methyl sites for hydroxylation is 1. The first-order chi connectivity index (χ1) is 17.7. The van der Waals surface area contributed by atoms with Crippen LogP contribution >= 0.6 is 0 Å². The van der Waals surface area contributed by atoms with Gasteiger partial charge in [0.15, 0.2) is 6.29 Å². The number of hydrogen-bond acceptors (Lipinski definition) is 4. The lowest BCUT2D eigenvalue weighted by Crippen LogP contribution is -2.32. The van der Waals surface area contributed by atoms with Crippen LogP contribution in [0.4, 0.5) is 28.4 Å². The molecule has 4 aromatic carbocycles. The van der Waals surface area contributed by atoms with E-state index in [4.69, 9.17) is 0 Å². The minimum atomic E-state index is 0.0542. The molecule has 2 aliphatic heterocycles. The van der Waals surface area contributed by atoms with Crippen LogP contribution in [0.1, 0.15) is 18.4 Å². The molecule has 0 bridgehead atoms. The molecule has 2 heterocycles. The van der Waals surface area contributed by atoms with Gasteiger partial charge < -0.3 is 16.0 Å². The monoisotopic (exact) mass is 468 g/mol. The van der Waals surface area contributed by atoms with Gasteiger partial charge in [-0.25, -0.2) is 0 Å². The fraction of sp³-hybridized carbons (Fsp3) is 0.125. The van der Waals surface area contributed by atoms with Crippen LogP contribution in [0.3, 0.4) is 0 Å². The lowest BCUT2D eigenvalue weighted by Gasteiger charge is -2.19. The topological polar surface area (TPSA) is 39.3 Å². The second kappa shape index (κ2) is 8.35. The zero-order valence-electron chi connectivity index (χ0n) is 20.3. The lowest BCUT2D eigenvalue weighted by molar-refractivity contribution is 0.902. The third-order valence-electron chi connectivity index (χ3n) is 7.33. The van der Waals surface area contributed by atoms with Crippen LogP contribution in [0.25, 0.3) is 22.3 Å². The van der Waals surface area contributed by atoms with Crippen molar-refractivity contribution in [1.29, 1.82) is 0 Å². The molecule has 0 aromatic heterocycles. The van der Waals surface area contributed by atoms with Crippen LogP contribution in [-0.2, 0) is 0 Å². The van der Waals surface area contributed by atoms with E-state index in [1.807, 2.05) is 0 Å². The molecule has 0 saturated carbocycles. The van der Waals surface area contributed by atoms with E-state index in [0.717, 1.165) is 29.9 Å². The Morgan fingerprint density at radius 2 is 1.53 bits per heavy atom. The number of allylic oxidation sites excluding steroid dienone is 3. The van der Waals surface area contributed by atoms with Gasteiger partial charge >= 0.3 is 0 Å². The Kier molecular flexibility index (Phi) is 4.84. The second-order valence-corrected chi connectivity index (χ2v) is 9.65. The average Bonchev–Trinajstić information content (AvgIpc) is 3.45. The van der Waals surface area contributed by atoms with Crippen LogP contribution in [0.2, 0.25) is 0 Å². The highest BCUT2D eigenvalue weighted by molar-refractivity contribution is 5.94. The molecule has 7 rings (SSSR count). The highest BCUT2D eigenvalue weighted by atomic mass is 15.5. The smallest absolute Gasteiger partial charge is 0.180 e. The van der Waals surface area contributed by atoms with Crippen molar-refractivity contribution in [3.05, 3.63) is 114 Å². The van der Waals surface area contributed by atoms with Gasteiger partial charge in [0.25, 0.3) is 0 Å². The molecule has 1 aliphatic carbocycles. The van der Waals surface area contributed by atoms with Crippen LogP contribution in [-0.4, -0.2) is 6.29 Å². The first-order valence-corrected chi connectivity index (χ1v) is 12.6. The van der Waals surface area contributed by atoms with Gasteiger partial charge in [-0.05, 0) is 84.5 Å². The Morgan fingerprint density at radius 1 is 0.750 bits per heavy atom. The molecule has 0 radical (unpaired) electrons. The standard InChI is InChI=1S/C32H28N4/c1-21-9-5-6-12-25(21)26-19-22(15-17-27(26)33-24-10-3-2-4-11-24)23-16-18-29-31(20-23)36-30-14-8-7-13-28(30)34-32(36)35-29/h3,5-20,32-35H,2,4H2,1H3. The molecule has 36 heavy (non-hydrogen) atoms. The number of benzene rings is 4. The number of rotatable bonds is 4. The minimum absolute atomic E-state index is 0.0542. The zero-order valence-corrected chi connectivity index (χ0v) is 20.3. The summed E-state index contributed by atoms with van der Waals surface area (Å²) in [6.45, 7) is 2.19. The highest BCUT2D eigenvalue weighted by Crippen LogP contribution is 2.48. The molecule has 4 heteroatoms. The summed E-state index contributed by atoms with van der Waals surface area (Å²) >= 11 is 0. The molecule has 4 nitrogen and oxygen atoms in total. The first-order valence-electron chi connectivity index (χ1n) is 12.6. The fourth-order valence-electron chi connectivity index (χ4n) is 5.50. The quantitative estimate of drug-likeness (QED) is 0.282. The maximum atomic E-state index is 3.68. The molecule has 0 spiro atoms. The van der Waals surface area contributed by atoms with Crippen LogP contribution < -0.4 is 20.9 Å². The molecule has 176 valence electrons. The number of nitrogens with one attached hydrogen (secondary N) is 3. The minimum Gasteiger partial charge on any atom is -0.355 e. The van der Waals surface area contributed by atoms with E-state index >= 15 is 0 Å². The zero-order chi connectivity index (χ0) is 24.1. The first kappa shape index (κ1) is 20.9. The Balaban J connectivity index is 1.31. The summed E-state index contributed by atoms with van der Waals surface area (Å²) in [6.07, 6.45) is 8.95. The van der Waals surface area contributed by atoms with E-state index in [1.165, 1.54) is 44.9 Å². The Morgan fingerprint density at radius 3 is 2.39 bits per heavy atom. The molecular weight excluding hydrogens is 440 g/mol. The molecule has 1 unspecified atom stereocenters. The predicted molar refractivity (Wildman–Crippen MR) is 152 cm³/mol. The van der Waals surface area contributed by atoms with Crippen LogP contribution in [0, 0.1) is 6.92 Å². The van der Waals surface area contributed by atoms with Gasteiger partial charge in [-0.1, -0.05) is 60.7 Å². The van der Waals surface area contributed by atoms with Gasteiger partial charge in [-0.3, -0.25) is 4.90 Å². The van der Waals surface area contributed by atoms with Gasteiger partial charge in [0.05, 0.1) is 22.7 Å². The van der Waals surface area contributed by atoms with Crippen molar-refractivity contribution in [2.45, 2.75) is 26.1 Å². The van der Waals surface area contributed by atoms with E-state index in [2.05, 4.69) is 131 Å². The van der Waals surface area contributed by atoms with E-state index in [1.54, 1.807) is 0 Å². The Labute approximate surface area is 212 Å². The molecule has 4 aromatic rings.